The van der Waals surface area contributed by atoms with E-state index >= 15 is 0 Å². The predicted octanol–water partition coefficient (Wildman–Crippen LogP) is 1.40. The fourth-order valence-corrected chi connectivity index (χ4v) is 2.46. The summed E-state index contributed by atoms with van der Waals surface area (Å²) in [6.07, 6.45) is 4.15. The van der Waals surface area contributed by atoms with E-state index in [-0.39, 0.29) is 18.4 Å². The molecular formula is C14H23N3O2. The Morgan fingerprint density at radius 3 is 2.21 bits per heavy atom. The van der Waals surface area contributed by atoms with E-state index in [0.29, 0.717) is 19.4 Å². The molecule has 1 aliphatic carbocycles. The van der Waals surface area contributed by atoms with E-state index in [1.165, 1.54) is 9.80 Å². The van der Waals surface area contributed by atoms with Crippen LogP contribution in [0.1, 0.15) is 39.0 Å². The van der Waals surface area contributed by atoms with Crippen LogP contribution in [-0.4, -0.2) is 48.8 Å². The molecule has 0 aromatic heterocycles. The van der Waals surface area contributed by atoms with Crippen molar-refractivity contribution in [1.82, 2.24) is 9.80 Å². The molecule has 2 amide bonds. The van der Waals surface area contributed by atoms with Gasteiger partial charge in [0.25, 0.3) is 0 Å². The second kappa shape index (κ2) is 6.55. The lowest BCUT2D eigenvalue weighted by Crippen LogP contribution is -2.48. The van der Waals surface area contributed by atoms with E-state index in [1.807, 2.05) is 6.92 Å². The number of rotatable bonds is 4. The van der Waals surface area contributed by atoms with Crippen LogP contribution < -0.4 is 0 Å². The standard InChI is InChI=1S/C14H23N3O2/c1-4-17(10-12(18)16(2)3)13(19)14(11-15)8-6-5-7-9-14/h4-10H2,1-3H3. The number of nitrogens with zero attached hydrogens (tertiary/aromatic N) is 3. The number of carbonyl (C=O) groups is 2. The summed E-state index contributed by atoms with van der Waals surface area (Å²) in [5.41, 5.74) is -0.902. The molecule has 0 unspecified atom stereocenters. The summed E-state index contributed by atoms with van der Waals surface area (Å²) < 4.78 is 0. The fourth-order valence-electron chi connectivity index (χ4n) is 2.46. The summed E-state index contributed by atoms with van der Waals surface area (Å²) in [4.78, 5) is 27.3. The molecule has 0 atom stereocenters. The Morgan fingerprint density at radius 2 is 1.79 bits per heavy atom. The monoisotopic (exact) mass is 265 g/mol. The van der Waals surface area contributed by atoms with Crippen molar-refractivity contribution in [2.24, 2.45) is 5.41 Å². The Balaban J connectivity index is 2.82. The van der Waals surface area contributed by atoms with Crippen molar-refractivity contribution in [3.8, 4) is 6.07 Å². The maximum absolute atomic E-state index is 12.6. The first kappa shape index (κ1) is 15.5. The molecule has 0 N–H and O–H groups in total. The third-order valence-electron chi connectivity index (χ3n) is 3.82. The van der Waals surface area contributed by atoms with Crippen molar-refractivity contribution < 1.29 is 9.59 Å². The van der Waals surface area contributed by atoms with Gasteiger partial charge in [-0.05, 0) is 19.8 Å². The highest BCUT2D eigenvalue weighted by molar-refractivity contribution is 5.89. The number of likely N-dealkylation sites (N-methyl/N-ethyl adjacent to an activating group) is 2. The van der Waals surface area contributed by atoms with Crippen molar-refractivity contribution in [3.63, 3.8) is 0 Å². The molecule has 0 radical (unpaired) electrons. The van der Waals surface area contributed by atoms with Gasteiger partial charge in [-0.3, -0.25) is 9.59 Å². The molecule has 1 saturated carbocycles. The summed E-state index contributed by atoms with van der Waals surface area (Å²) >= 11 is 0. The Kier molecular flexibility index (Phi) is 5.34. The minimum atomic E-state index is -0.902. The Hall–Kier alpha value is -1.57. The molecule has 5 nitrogen and oxygen atoms in total. The topological polar surface area (TPSA) is 64.4 Å². The quantitative estimate of drug-likeness (QED) is 0.771. The van der Waals surface area contributed by atoms with Crippen LogP contribution in [0.5, 0.6) is 0 Å². The third-order valence-corrected chi connectivity index (χ3v) is 3.82. The molecule has 0 aromatic rings. The minimum absolute atomic E-state index is 0.0613. The summed E-state index contributed by atoms with van der Waals surface area (Å²) in [5.74, 6) is -0.286. The SMILES string of the molecule is CCN(CC(=O)N(C)C)C(=O)C1(C#N)CCCCC1. The van der Waals surface area contributed by atoms with Gasteiger partial charge >= 0.3 is 0 Å². The van der Waals surface area contributed by atoms with Crippen LogP contribution in [-0.2, 0) is 9.59 Å². The van der Waals surface area contributed by atoms with Crippen molar-refractivity contribution in [3.05, 3.63) is 0 Å². The number of carbonyl (C=O) groups excluding carboxylic acids is 2. The Labute approximate surface area is 115 Å². The highest BCUT2D eigenvalue weighted by atomic mass is 16.2. The van der Waals surface area contributed by atoms with Gasteiger partial charge in [-0.15, -0.1) is 0 Å². The fraction of sp³-hybridized carbons (Fsp3) is 0.786. The molecule has 19 heavy (non-hydrogen) atoms. The molecule has 0 spiro atoms. The zero-order valence-corrected chi connectivity index (χ0v) is 12.1. The van der Waals surface area contributed by atoms with Crippen LogP contribution in [0.15, 0.2) is 0 Å². The van der Waals surface area contributed by atoms with Crippen LogP contribution >= 0.6 is 0 Å². The van der Waals surface area contributed by atoms with Crippen molar-refractivity contribution in [2.45, 2.75) is 39.0 Å². The van der Waals surface area contributed by atoms with E-state index in [4.69, 9.17) is 0 Å². The Bertz CT molecular complexity index is 379. The van der Waals surface area contributed by atoms with Gasteiger partial charge in [0.05, 0.1) is 12.6 Å². The first-order chi connectivity index (χ1) is 8.96. The van der Waals surface area contributed by atoms with Gasteiger partial charge < -0.3 is 9.80 Å². The van der Waals surface area contributed by atoms with Gasteiger partial charge in [-0.2, -0.15) is 5.26 Å². The van der Waals surface area contributed by atoms with E-state index in [9.17, 15) is 14.9 Å². The molecule has 0 aromatic carbocycles. The molecule has 0 bridgehead atoms. The maximum Gasteiger partial charge on any atom is 0.243 e. The molecule has 1 fully saturated rings. The molecule has 106 valence electrons. The largest absolute Gasteiger partial charge is 0.347 e. The summed E-state index contributed by atoms with van der Waals surface area (Å²) in [7, 11) is 3.34. The summed E-state index contributed by atoms with van der Waals surface area (Å²) in [6, 6.07) is 2.22. The lowest BCUT2D eigenvalue weighted by atomic mass is 9.74. The molecule has 1 rings (SSSR count). The smallest absolute Gasteiger partial charge is 0.243 e. The van der Waals surface area contributed by atoms with Gasteiger partial charge in [0, 0.05) is 20.6 Å². The van der Waals surface area contributed by atoms with Gasteiger partial charge in [-0.25, -0.2) is 0 Å². The van der Waals surface area contributed by atoms with Crippen molar-refractivity contribution >= 4 is 11.8 Å². The lowest BCUT2D eigenvalue weighted by molar-refractivity contribution is -0.145. The second-order valence-corrected chi connectivity index (χ2v) is 5.36. The summed E-state index contributed by atoms with van der Waals surface area (Å²) in [5, 5.41) is 9.41. The highest BCUT2D eigenvalue weighted by Crippen LogP contribution is 2.37. The van der Waals surface area contributed by atoms with E-state index in [0.717, 1.165) is 19.3 Å². The first-order valence-corrected chi connectivity index (χ1v) is 6.87. The van der Waals surface area contributed by atoms with Gasteiger partial charge in [0.1, 0.15) is 5.41 Å². The average molecular weight is 265 g/mol. The van der Waals surface area contributed by atoms with E-state index in [1.54, 1.807) is 14.1 Å². The number of hydrogen-bond donors (Lipinski definition) is 0. The van der Waals surface area contributed by atoms with Crippen LogP contribution in [0.3, 0.4) is 0 Å². The van der Waals surface area contributed by atoms with Crippen LogP contribution in [0, 0.1) is 16.7 Å². The maximum atomic E-state index is 12.6. The molecular weight excluding hydrogens is 242 g/mol. The van der Waals surface area contributed by atoms with Crippen LogP contribution in [0.2, 0.25) is 0 Å². The third kappa shape index (κ3) is 3.46. The number of amides is 2. The van der Waals surface area contributed by atoms with Crippen molar-refractivity contribution in [1.29, 1.82) is 5.26 Å². The van der Waals surface area contributed by atoms with Crippen molar-refractivity contribution in [2.75, 3.05) is 27.2 Å². The predicted molar refractivity (Wildman–Crippen MR) is 72.1 cm³/mol. The van der Waals surface area contributed by atoms with Gasteiger partial charge in [-0.1, -0.05) is 19.3 Å². The van der Waals surface area contributed by atoms with Gasteiger partial charge in [0.15, 0.2) is 0 Å². The summed E-state index contributed by atoms with van der Waals surface area (Å²) in [6.45, 7) is 2.36. The molecule has 5 heteroatoms. The average Bonchev–Trinajstić information content (AvgIpc) is 2.44. The lowest BCUT2D eigenvalue weighted by Gasteiger charge is -2.34. The van der Waals surface area contributed by atoms with Crippen LogP contribution in [0.25, 0.3) is 0 Å². The highest BCUT2D eigenvalue weighted by Gasteiger charge is 2.42. The molecule has 0 aliphatic heterocycles. The normalized spacial score (nSPS) is 17.4. The second-order valence-electron chi connectivity index (χ2n) is 5.36. The van der Waals surface area contributed by atoms with Gasteiger partial charge in [0.2, 0.25) is 11.8 Å². The molecule has 0 heterocycles. The molecule has 1 aliphatic rings. The van der Waals surface area contributed by atoms with Crippen LogP contribution in [0.4, 0.5) is 0 Å². The zero-order chi connectivity index (χ0) is 14.5. The van der Waals surface area contributed by atoms with E-state index < -0.39 is 5.41 Å². The molecule has 0 saturated heterocycles. The number of nitriles is 1. The zero-order valence-electron chi connectivity index (χ0n) is 12.1. The minimum Gasteiger partial charge on any atom is -0.347 e. The van der Waals surface area contributed by atoms with E-state index in [2.05, 4.69) is 6.07 Å². The number of hydrogen-bond acceptors (Lipinski definition) is 3. The Morgan fingerprint density at radius 1 is 1.21 bits per heavy atom. The first-order valence-electron chi connectivity index (χ1n) is 6.87.